The van der Waals surface area contributed by atoms with Crippen LogP contribution >= 0.6 is 24.0 Å². The van der Waals surface area contributed by atoms with E-state index >= 15 is 0 Å². The van der Waals surface area contributed by atoms with Gasteiger partial charge in [-0.1, -0.05) is 19.8 Å². The second kappa shape index (κ2) is 13.3. The van der Waals surface area contributed by atoms with E-state index in [9.17, 15) is 0 Å². The Bertz CT molecular complexity index is 481. The molecule has 1 aliphatic rings. The largest absolute Gasteiger partial charge is 0.357 e. The van der Waals surface area contributed by atoms with Crippen LogP contribution in [0.3, 0.4) is 0 Å². The van der Waals surface area contributed by atoms with Gasteiger partial charge in [-0.2, -0.15) is 0 Å². The second-order valence-corrected chi connectivity index (χ2v) is 6.24. The van der Waals surface area contributed by atoms with E-state index in [0.717, 1.165) is 50.9 Å². The van der Waals surface area contributed by atoms with E-state index in [2.05, 4.69) is 44.1 Å². The van der Waals surface area contributed by atoms with Crippen LogP contribution in [0.5, 0.6) is 0 Å². The predicted molar refractivity (Wildman–Crippen MR) is 114 cm³/mol. The van der Waals surface area contributed by atoms with Crippen LogP contribution in [0.1, 0.15) is 45.4 Å². The lowest BCUT2D eigenvalue weighted by Crippen LogP contribution is -2.39. The molecule has 2 heterocycles. The van der Waals surface area contributed by atoms with Crippen molar-refractivity contribution in [1.29, 1.82) is 0 Å². The minimum atomic E-state index is 0. The van der Waals surface area contributed by atoms with Gasteiger partial charge < -0.3 is 20.1 Å². The lowest BCUT2D eigenvalue weighted by atomic mass is 10.2. The first-order valence-corrected chi connectivity index (χ1v) is 9.44. The molecule has 0 atom stereocenters. The summed E-state index contributed by atoms with van der Waals surface area (Å²) in [6.45, 7) is 11.1. The summed E-state index contributed by atoms with van der Waals surface area (Å²) in [6, 6.07) is 0. The molecule has 0 aromatic carbocycles. The summed E-state index contributed by atoms with van der Waals surface area (Å²) >= 11 is 0. The Hall–Kier alpha value is -0.900. The van der Waals surface area contributed by atoms with Gasteiger partial charge in [-0.15, -0.1) is 34.2 Å². The molecule has 2 rings (SSSR count). The highest BCUT2D eigenvalue weighted by molar-refractivity contribution is 14.0. The molecule has 1 aromatic heterocycles. The van der Waals surface area contributed by atoms with Gasteiger partial charge in [0.15, 0.2) is 5.96 Å². The van der Waals surface area contributed by atoms with E-state index in [1.807, 2.05) is 0 Å². The predicted octanol–water partition coefficient (Wildman–Crippen LogP) is 1.89. The summed E-state index contributed by atoms with van der Waals surface area (Å²) in [5, 5.41) is 14.8. The minimum absolute atomic E-state index is 0. The highest BCUT2D eigenvalue weighted by atomic mass is 127. The Kier molecular flexibility index (Phi) is 11.8. The first kappa shape index (κ1) is 22.1. The average molecular weight is 463 g/mol. The van der Waals surface area contributed by atoms with Gasteiger partial charge >= 0.3 is 0 Å². The van der Waals surface area contributed by atoms with E-state index in [-0.39, 0.29) is 24.0 Å². The molecule has 2 N–H and O–H groups in total. The van der Waals surface area contributed by atoms with Gasteiger partial charge in [0.2, 0.25) is 0 Å². The van der Waals surface area contributed by atoms with Crippen molar-refractivity contribution in [1.82, 2.24) is 30.3 Å². The van der Waals surface area contributed by atoms with E-state index in [0.29, 0.717) is 0 Å². The van der Waals surface area contributed by atoms with Crippen molar-refractivity contribution in [3.8, 4) is 0 Å². The number of hydrogen-bond acceptors (Lipinski definition) is 4. The smallest absolute Gasteiger partial charge is 0.191 e. The van der Waals surface area contributed by atoms with Gasteiger partial charge in [-0.05, 0) is 32.9 Å². The lowest BCUT2D eigenvalue weighted by molar-refractivity contribution is 0.293. The molecule has 0 spiro atoms. The van der Waals surface area contributed by atoms with Gasteiger partial charge in [0, 0.05) is 32.6 Å². The van der Waals surface area contributed by atoms with E-state index < -0.39 is 0 Å². The van der Waals surface area contributed by atoms with Crippen molar-refractivity contribution >= 4 is 29.9 Å². The van der Waals surface area contributed by atoms with Crippen LogP contribution in [0.4, 0.5) is 0 Å². The zero-order chi connectivity index (χ0) is 17.0. The highest BCUT2D eigenvalue weighted by Crippen LogP contribution is 2.08. The van der Waals surface area contributed by atoms with Crippen LogP contribution < -0.4 is 10.6 Å². The van der Waals surface area contributed by atoms with Crippen LogP contribution in [0.15, 0.2) is 11.3 Å². The third-order valence-electron chi connectivity index (χ3n) is 4.39. The Balaban J connectivity index is 0.00000312. The maximum atomic E-state index is 4.71. The normalized spacial score (nSPS) is 16.2. The van der Waals surface area contributed by atoms with Crippen molar-refractivity contribution in [3.05, 3.63) is 12.2 Å². The zero-order valence-corrected chi connectivity index (χ0v) is 18.0. The fourth-order valence-corrected chi connectivity index (χ4v) is 3.04. The van der Waals surface area contributed by atoms with E-state index in [1.54, 1.807) is 6.33 Å². The second-order valence-electron chi connectivity index (χ2n) is 6.24. The lowest BCUT2D eigenvalue weighted by Gasteiger charge is -2.19. The standard InChI is InChI=1S/C17H33N7.HI/c1-3-16-22-21-15-24(16)14-10-20-17(18-4-2)19-9-13-23-11-7-5-6-8-12-23;/h15H,3-14H2,1-2H3,(H2,18,19,20);1H. The number of hydrogen-bond donors (Lipinski definition) is 2. The molecule has 0 aliphatic carbocycles. The van der Waals surface area contributed by atoms with Crippen LogP contribution in [0.25, 0.3) is 0 Å². The number of aromatic nitrogens is 3. The molecule has 25 heavy (non-hydrogen) atoms. The van der Waals surface area contributed by atoms with Crippen molar-refractivity contribution in [2.45, 2.75) is 52.5 Å². The fourth-order valence-electron chi connectivity index (χ4n) is 3.04. The number of aliphatic imine (C=N–C) groups is 1. The summed E-state index contributed by atoms with van der Waals surface area (Å²) in [7, 11) is 0. The monoisotopic (exact) mass is 463 g/mol. The maximum Gasteiger partial charge on any atom is 0.191 e. The molecule has 144 valence electrons. The molecule has 0 unspecified atom stereocenters. The molecule has 8 heteroatoms. The van der Waals surface area contributed by atoms with Crippen molar-refractivity contribution in [2.24, 2.45) is 4.99 Å². The summed E-state index contributed by atoms with van der Waals surface area (Å²) in [5.74, 6) is 1.93. The molecule has 7 nitrogen and oxygen atoms in total. The molecule has 0 radical (unpaired) electrons. The first-order valence-electron chi connectivity index (χ1n) is 9.44. The van der Waals surface area contributed by atoms with Gasteiger partial charge in [0.1, 0.15) is 12.2 Å². The van der Waals surface area contributed by atoms with Crippen LogP contribution in [0, 0.1) is 0 Å². The number of nitrogens with one attached hydrogen (secondary N) is 2. The minimum Gasteiger partial charge on any atom is -0.357 e. The number of aryl methyl sites for hydroxylation is 1. The third-order valence-corrected chi connectivity index (χ3v) is 4.39. The maximum absolute atomic E-state index is 4.71. The Morgan fingerprint density at radius 3 is 2.56 bits per heavy atom. The summed E-state index contributed by atoms with van der Waals surface area (Å²) in [5.41, 5.74) is 0. The Morgan fingerprint density at radius 1 is 1.12 bits per heavy atom. The van der Waals surface area contributed by atoms with Gasteiger partial charge in [0.25, 0.3) is 0 Å². The SMILES string of the molecule is CCNC(=NCCN1CCCCCC1)NCCn1cnnc1CC.I. The van der Waals surface area contributed by atoms with Gasteiger partial charge in [-0.25, -0.2) is 0 Å². The van der Waals surface area contributed by atoms with Gasteiger partial charge in [0.05, 0.1) is 6.54 Å². The number of likely N-dealkylation sites (tertiary alicyclic amines) is 1. The Morgan fingerprint density at radius 2 is 1.88 bits per heavy atom. The van der Waals surface area contributed by atoms with Crippen molar-refractivity contribution in [3.63, 3.8) is 0 Å². The third kappa shape index (κ3) is 8.35. The highest BCUT2D eigenvalue weighted by Gasteiger charge is 2.08. The fraction of sp³-hybridized carbons (Fsp3) is 0.824. The van der Waals surface area contributed by atoms with E-state index in [4.69, 9.17) is 4.99 Å². The van der Waals surface area contributed by atoms with E-state index in [1.165, 1.54) is 38.8 Å². The van der Waals surface area contributed by atoms with Crippen LogP contribution in [-0.4, -0.2) is 64.9 Å². The molecule has 1 aromatic rings. The zero-order valence-electron chi connectivity index (χ0n) is 15.7. The Labute approximate surface area is 169 Å². The molecule has 1 fully saturated rings. The van der Waals surface area contributed by atoms with Crippen molar-refractivity contribution in [2.75, 3.05) is 39.3 Å². The number of guanidine groups is 1. The quantitative estimate of drug-likeness (QED) is 0.350. The van der Waals surface area contributed by atoms with Crippen molar-refractivity contribution < 1.29 is 0 Å². The molecule has 1 saturated heterocycles. The molecule has 1 aliphatic heterocycles. The molecule has 0 bridgehead atoms. The topological polar surface area (TPSA) is 70.4 Å². The van der Waals surface area contributed by atoms with Crippen LogP contribution in [-0.2, 0) is 13.0 Å². The average Bonchev–Trinajstić information content (AvgIpc) is 2.88. The molecule has 0 saturated carbocycles. The molecule has 0 amide bonds. The molecular weight excluding hydrogens is 429 g/mol. The van der Waals surface area contributed by atoms with Gasteiger partial charge in [-0.3, -0.25) is 4.99 Å². The number of halogens is 1. The summed E-state index contributed by atoms with van der Waals surface area (Å²) in [4.78, 5) is 7.26. The first-order chi connectivity index (χ1) is 11.8. The number of rotatable bonds is 8. The summed E-state index contributed by atoms with van der Waals surface area (Å²) in [6.07, 6.45) is 8.13. The number of nitrogens with zero attached hydrogens (tertiary/aromatic N) is 5. The van der Waals surface area contributed by atoms with Crippen LogP contribution in [0.2, 0.25) is 0 Å². The summed E-state index contributed by atoms with van der Waals surface area (Å²) < 4.78 is 2.09. The molecular formula is C17H34IN7.